The number of nitrogens with one attached hydrogen (secondary N) is 1. The Labute approximate surface area is 140 Å². The summed E-state index contributed by atoms with van der Waals surface area (Å²) >= 11 is 0. The summed E-state index contributed by atoms with van der Waals surface area (Å²) in [6.45, 7) is 3.29. The van der Waals surface area contributed by atoms with Crippen LogP contribution in [0, 0.1) is 10.1 Å². The van der Waals surface area contributed by atoms with E-state index in [0.717, 1.165) is 25.2 Å². The topological polar surface area (TPSA) is 80.5 Å². The van der Waals surface area contributed by atoms with Crippen LogP contribution in [0.5, 0.6) is 5.75 Å². The summed E-state index contributed by atoms with van der Waals surface area (Å²) in [5.41, 5.74) is 2.11. The number of piperazine rings is 1. The molecule has 1 aromatic heterocycles. The smallest absolute Gasteiger partial charge is 0.311 e. The Balaban J connectivity index is 1.83. The first-order valence-electron chi connectivity index (χ1n) is 7.85. The number of rotatable bonds is 5. The number of methoxy groups -OCH3 is 1. The molecule has 1 saturated heterocycles. The lowest BCUT2D eigenvalue weighted by Gasteiger charge is -2.36. The van der Waals surface area contributed by atoms with E-state index in [1.165, 1.54) is 12.7 Å². The predicted molar refractivity (Wildman–Crippen MR) is 89.9 cm³/mol. The number of aromatic nitrogens is 1. The van der Waals surface area contributed by atoms with Crippen molar-refractivity contribution in [1.29, 1.82) is 0 Å². The van der Waals surface area contributed by atoms with Crippen LogP contribution >= 0.6 is 0 Å². The van der Waals surface area contributed by atoms with Crippen LogP contribution in [-0.2, 0) is 6.54 Å². The summed E-state index contributed by atoms with van der Waals surface area (Å²) in [6, 6.07) is 9.41. The Morgan fingerprint density at radius 2 is 2.17 bits per heavy atom. The molecule has 1 aliphatic rings. The Kier molecular flexibility index (Phi) is 5.02. The van der Waals surface area contributed by atoms with E-state index in [1.807, 2.05) is 18.2 Å². The molecule has 0 radical (unpaired) electrons. The number of nitro groups is 1. The molecule has 0 saturated carbocycles. The van der Waals surface area contributed by atoms with Crippen LogP contribution in [0.3, 0.4) is 0 Å². The van der Waals surface area contributed by atoms with Gasteiger partial charge in [-0.2, -0.15) is 0 Å². The van der Waals surface area contributed by atoms with Crippen molar-refractivity contribution in [2.24, 2.45) is 0 Å². The van der Waals surface area contributed by atoms with Gasteiger partial charge < -0.3 is 10.1 Å². The monoisotopic (exact) mass is 328 g/mol. The minimum absolute atomic E-state index is 0.00518. The predicted octanol–water partition coefficient (Wildman–Crippen LogP) is 2.14. The molecule has 2 heterocycles. The van der Waals surface area contributed by atoms with Crippen molar-refractivity contribution in [3.63, 3.8) is 0 Å². The van der Waals surface area contributed by atoms with E-state index in [1.54, 1.807) is 24.5 Å². The average Bonchev–Trinajstić information content (AvgIpc) is 2.63. The first kappa shape index (κ1) is 16.4. The molecule has 0 amide bonds. The summed E-state index contributed by atoms with van der Waals surface area (Å²) in [5, 5.41) is 14.6. The fourth-order valence-electron chi connectivity index (χ4n) is 3.06. The van der Waals surface area contributed by atoms with E-state index in [4.69, 9.17) is 4.74 Å². The van der Waals surface area contributed by atoms with Gasteiger partial charge in [0.05, 0.1) is 12.0 Å². The number of nitrogens with zero attached hydrogens (tertiary/aromatic N) is 3. The highest BCUT2D eigenvalue weighted by Gasteiger charge is 2.24. The van der Waals surface area contributed by atoms with Crippen LogP contribution in [0.2, 0.25) is 0 Å². The summed E-state index contributed by atoms with van der Waals surface area (Å²) < 4.78 is 5.07. The Hall–Kier alpha value is -2.51. The third kappa shape index (κ3) is 3.52. The van der Waals surface area contributed by atoms with Crippen molar-refractivity contribution in [1.82, 2.24) is 15.2 Å². The zero-order valence-corrected chi connectivity index (χ0v) is 13.5. The highest BCUT2D eigenvalue weighted by molar-refractivity contribution is 5.48. The van der Waals surface area contributed by atoms with Gasteiger partial charge in [0.25, 0.3) is 0 Å². The van der Waals surface area contributed by atoms with Crippen molar-refractivity contribution in [3.8, 4) is 5.75 Å². The normalized spacial score (nSPS) is 18.3. The summed E-state index contributed by atoms with van der Waals surface area (Å²) in [7, 11) is 1.44. The second-order valence-corrected chi connectivity index (χ2v) is 5.73. The molecule has 7 heteroatoms. The number of pyridine rings is 1. The highest BCUT2D eigenvalue weighted by atomic mass is 16.6. The fourth-order valence-corrected chi connectivity index (χ4v) is 3.06. The van der Waals surface area contributed by atoms with Crippen LogP contribution in [0.25, 0.3) is 0 Å². The highest BCUT2D eigenvalue weighted by Crippen LogP contribution is 2.30. The maximum Gasteiger partial charge on any atom is 0.311 e. The van der Waals surface area contributed by atoms with E-state index < -0.39 is 4.92 Å². The lowest BCUT2D eigenvalue weighted by atomic mass is 10.0. The van der Waals surface area contributed by atoms with Crippen molar-refractivity contribution >= 4 is 5.69 Å². The molecule has 7 nitrogen and oxygen atoms in total. The molecular formula is C17H20N4O3. The lowest BCUT2D eigenvalue weighted by Crippen LogP contribution is -2.45. The molecule has 1 N–H and O–H groups in total. The quantitative estimate of drug-likeness (QED) is 0.669. The van der Waals surface area contributed by atoms with E-state index in [-0.39, 0.29) is 17.5 Å². The zero-order chi connectivity index (χ0) is 16.9. The molecule has 126 valence electrons. The molecule has 1 fully saturated rings. The van der Waals surface area contributed by atoms with Gasteiger partial charge in [0.2, 0.25) is 0 Å². The minimum Gasteiger partial charge on any atom is -0.490 e. The average molecular weight is 328 g/mol. The van der Waals surface area contributed by atoms with Gasteiger partial charge in [0.15, 0.2) is 5.75 Å². The fraction of sp³-hybridized carbons (Fsp3) is 0.353. The van der Waals surface area contributed by atoms with Crippen LogP contribution in [0.4, 0.5) is 5.69 Å². The van der Waals surface area contributed by atoms with Crippen molar-refractivity contribution in [2.45, 2.75) is 12.6 Å². The van der Waals surface area contributed by atoms with Gasteiger partial charge in [-0.1, -0.05) is 6.07 Å². The third-order valence-corrected chi connectivity index (χ3v) is 4.27. The second kappa shape index (κ2) is 7.37. The first-order valence-corrected chi connectivity index (χ1v) is 7.85. The number of ether oxygens (including phenoxy) is 1. The molecule has 24 heavy (non-hydrogen) atoms. The minimum atomic E-state index is -0.402. The third-order valence-electron chi connectivity index (χ3n) is 4.27. The molecule has 1 aromatic carbocycles. The van der Waals surface area contributed by atoms with Gasteiger partial charge in [-0.15, -0.1) is 0 Å². The van der Waals surface area contributed by atoms with Crippen LogP contribution in [0.15, 0.2) is 42.7 Å². The van der Waals surface area contributed by atoms with Crippen LogP contribution in [0.1, 0.15) is 17.2 Å². The molecule has 1 aliphatic heterocycles. The Morgan fingerprint density at radius 1 is 1.38 bits per heavy atom. The van der Waals surface area contributed by atoms with E-state index >= 15 is 0 Å². The molecule has 1 atom stereocenters. The Bertz CT molecular complexity index is 708. The van der Waals surface area contributed by atoms with Crippen molar-refractivity contribution in [2.75, 3.05) is 26.7 Å². The van der Waals surface area contributed by atoms with Gasteiger partial charge in [-0.25, -0.2) is 0 Å². The van der Waals surface area contributed by atoms with Gasteiger partial charge in [0, 0.05) is 50.7 Å². The van der Waals surface area contributed by atoms with Gasteiger partial charge in [-0.3, -0.25) is 20.0 Å². The van der Waals surface area contributed by atoms with Crippen LogP contribution < -0.4 is 10.1 Å². The molecule has 2 aromatic rings. The molecule has 1 unspecified atom stereocenters. The molecule has 3 rings (SSSR count). The SMILES string of the molecule is COc1ccc(CN2CCNCC2c2ccncc2)cc1[N+](=O)[O-]. The van der Waals surface area contributed by atoms with Gasteiger partial charge in [0.1, 0.15) is 0 Å². The lowest BCUT2D eigenvalue weighted by molar-refractivity contribution is -0.385. The van der Waals surface area contributed by atoms with Gasteiger partial charge in [-0.05, 0) is 29.3 Å². The molecule has 0 bridgehead atoms. The molecule has 0 spiro atoms. The van der Waals surface area contributed by atoms with Crippen molar-refractivity contribution in [3.05, 3.63) is 64.0 Å². The van der Waals surface area contributed by atoms with E-state index in [0.29, 0.717) is 6.54 Å². The maximum absolute atomic E-state index is 11.2. The van der Waals surface area contributed by atoms with Crippen molar-refractivity contribution < 1.29 is 9.66 Å². The number of benzene rings is 1. The summed E-state index contributed by atoms with van der Waals surface area (Å²) in [4.78, 5) is 17.2. The molecule has 0 aliphatic carbocycles. The van der Waals surface area contributed by atoms with Crippen LogP contribution in [-0.4, -0.2) is 41.6 Å². The zero-order valence-electron chi connectivity index (χ0n) is 13.5. The van der Waals surface area contributed by atoms with E-state index in [9.17, 15) is 10.1 Å². The summed E-state index contributed by atoms with van der Waals surface area (Å²) in [6.07, 6.45) is 3.58. The number of hydrogen-bond donors (Lipinski definition) is 1. The second-order valence-electron chi connectivity index (χ2n) is 5.73. The largest absolute Gasteiger partial charge is 0.490 e. The number of nitro benzene ring substituents is 1. The first-order chi connectivity index (χ1) is 11.7. The Morgan fingerprint density at radius 3 is 2.88 bits per heavy atom. The van der Waals surface area contributed by atoms with E-state index in [2.05, 4.69) is 15.2 Å². The standard InChI is InChI=1S/C17H20N4O3/c1-24-17-3-2-13(10-15(17)21(22)23)12-20-9-8-19-11-16(20)14-4-6-18-7-5-14/h2-7,10,16,19H,8-9,11-12H2,1H3. The summed E-state index contributed by atoms with van der Waals surface area (Å²) in [5.74, 6) is 0.287. The number of hydrogen-bond acceptors (Lipinski definition) is 6. The molecular weight excluding hydrogens is 308 g/mol. The van der Waals surface area contributed by atoms with Gasteiger partial charge >= 0.3 is 5.69 Å². The maximum atomic E-state index is 11.2.